The zero-order valence-corrected chi connectivity index (χ0v) is 10.5. The van der Waals surface area contributed by atoms with Gasteiger partial charge in [0.1, 0.15) is 11.6 Å². The minimum atomic E-state index is 0.769. The lowest BCUT2D eigenvalue weighted by Gasteiger charge is -2.05. The summed E-state index contributed by atoms with van der Waals surface area (Å²) in [5, 5.41) is 11.4. The van der Waals surface area contributed by atoms with Gasteiger partial charge in [-0.3, -0.25) is 0 Å². The number of hydrogen-bond donors (Lipinski definition) is 1. The van der Waals surface area contributed by atoms with E-state index in [9.17, 15) is 0 Å². The number of aromatic nitrogens is 3. The van der Waals surface area contributed by atoms with E-state index in [1.165, 1.54) is 0 Å². The van der Waals surface area contributed by atoms with Crippen LogP contribution < -0.4 is 5.32 Å². The highest BCUT2D eigenvalue weighted by Gasteiger charge is 2.02. The summed E-state index contributed by atoms with van der Waals surface area (Å²) in [6.45, 7) is 7.49. The Hall–Kier alpha value is -0.940. The summed E-state index contributed by atoms with van der Waals surface area (Å²) in [7, 11) is 1.98. The molecule has 1 heterocycles. The van der Waals surface area contributed by atoms with Gasteiger partial charge in [0, 0.05) is 20.3 Å². The van der Waals surface area contributed by atoms with Crippen molar-refractivity contribution in [3.63, 3.8) is 0 Å². The third-order valence-electron chi connectivity index (χ3n) is 2.46. The molecule has 0 bridgehead atoms. The van der Waals surface area contributed by atoms with Gasteiger partial charge >= 0.3 is 0 Å². The van der Waals surface area contributed by atoms with Crippen LogP contribution in [0.4, 0.5) is 0 Å². The fraction of sp³-hybridized carbons (Fsp3) is 0.818. The van der Waals surface area contributed by atoms with Crippen LogP contribution in [0.25, 0.3) is 0 Å². The quantitative estimate of drug-likeness (QED) is 0.673. The first-order valence-electron chi connectivity index (χ1n) is 5.89. The van der Waals surface area contributed by atoms with Crippen LogP contribution in [0.2, 0.25) is 0 Å². The van der Waals surface area contributed by atoms with Gasteiger partial charge in [-0.25, -0.2) is 0 Å². The molecule has 0 aliphatic carbocycles. The van der Waals surface area contributed by atoms with Gasteiger partial charge in [0.05, 0.1) is 6.54 Å². The molecule has 16 heavy (non-hydrogen) atoms. The summed E-state index contributed by atoms with van der Waals surface area (Å²) in [6, 6.07) is 0. The second-order valence-corrected chi connectivity index (χ2v) is 3.87. The van der Waals surface area contributed by atoms with Gasteiger partial charge in [-0.2, -0.15) is 0 Å². The molecule has 0 amide bonds. The van der Waals surface area contributed by atoms with Gasteiger partial charge in [-0.05, 0) is 26.3 Å². The topological polar surface area (TPSA) is 52.0 Å². The molecule has 1 aromatic rings. The third-order valence-corrected chi connectivity index (χ3v) is 2.46. The molecule has 1 aromatic heterocycles. The van der Waals surface area contributed by atoms with Crippen molar-refractivity contribution in [2.45, 2.75) is 33.2 Å². The van der Waals surface area contributed by atoms with Crippen molar-refractivity contribution in [2.75, 3.05) is 19.8 Å². The smallest absolute Gasteiger partial charge is 0.146 e. The fourth-order valence-electron chi connectivity index (χ4n) is 1.35. The van der Waals surface area contributed by atoms with E-state index in [2.05, 4.69) is 22.4 Å². The Balaban J connectivity index is 2.05. The average molecular weight is 226 g/mol. The second-order valence-electron chi connectivity index (χ2n) is 3.87. The van der Waals surface area contributed by atoms with E-state index in [1.54, 1.807) is 0 Å². The van der Waals surface area contributed by atoms with E-state index in [4.69, 9.17) is 4.74 Å². The maximum atomic E-state index is 5.39. The molecule has 0 aromatic carbocycles. The number of rotatable bonds is 8. The standard InChI is InChI=1S/C11H22N4O/c1-4-7-16-8-5-6-12-9-11-14-13-10(2)15(11)3/h12H,4-9H2,1-3H3. The monoisotopic (exact) mass is 226 g/mol. The molecule has 5 heteroatoms. The minimum absolute atomic E-state index is 0.769. The summed E-state index contributed by atoms with van der Waals surface area (Å²) in [6.07, 6.45) is 2.13. The molecular weight excluding hydrogens is 204 g/mol. The van der Waals surface area contributed by atoms with E-state index < -0.39 is 0 Å². The number of nitrogens with zero attached hydrogens (tertiary/aromatic N) is 3. The minimum Gasteiger partial charge on any atom is -0.381 e. The lowest BCUT2D eigenvalue weighted by Crippen LogP contribution is -2.19. The zero-order chi connectivity index (χ0) is 11.8. The summed E-state index contributed by atoms with van der Waals surface area (Å²) in [5.74, 6) is 1.93. The van der Waals surface area contributed by atoms with Crippen molar-refractivity contribution in [3.05, 3.63) is 11.6 Å². The van der Waals surface area contributed by atoms with Crippen molar-refractivity contribution >= 4 is 0 Å². The van der Waals surface area contributed by atoms with Crippen LogP contribution in [-0.2, 0) is 18.3 Å². The Kier molecular flexibility index (Phi) is 6.03. The van der Waals surface area contributed by atoms with Gasteiger partial charge in [-0.15, -0.1) is 10.2 Å². The van der Waals surface area contributed by atoms with Crippen molar-refractivity contribution in [1.82, 2.24) is 20.1 Å². The van der Waals surface area contributed by atoms with E-state index >= 15 is 0 Å². The molecule has 5 nitrogen and oxygen atoms in total. The highest BCUT2D eigenvalue weighted by Crippen LogP contribution is 1.96. The zero-order valence-electron chi connectivity index (χ0n) is 10.5. The SMILES string of the molecule is CCCOCCCNCc1nnc(C)n1C. The van der Waals surface area contributed by atoms with E-state index in [1.807, 2.05) is 18.5 Å². The van der Waals surface area contributed by atoms with Gasteiger partial charge in [-0.1, -0.05) is 6.92 Å². The molecule has 1 N–H and O–H groups in total. The van der Waals surface area contributed by atoms with Gasteiger partial charge in [0.2, 0.25) is 0 Å². The summed E-state index contributed by atoms with van der Waals surface area (Å²) < 4.78 is 7.39. The summed E-state index contributed by atoms with van der Waals surface area (Å²) in [4.78, 5) is 0. The van der Waals surface area contributed by atoms with E-state index in [0.717, 1.165) is 50.8 Å². The first kappa shape index (κ1) is 13.1. The molecule has 0 aliphatic rings. The molecule has 92 valence electrons. The molecule has 0 radical (unpaired) electrons. The molecule has 0 saturated heterocycles. The molecule has 0 saturated carbocycles. The molecular formula is C11H22N4O. The Morgan fingerprint density at radius 3 is 2.75 bits per heavy atom. The Morgan fingerprint density at radius 1 is 1.31 bits per heavy atom. The molecule has 0 spiro atoms. The maximum Gasteiger partial charge on any atom is 0.146 e. The largest absolute Gasteiger partial charge is 0.381 e. The molecule has 0 fully saturated rings. The molecule has 0 aliphatic heterocycles. The van der Waals surface area contributed by atoms with Gasteiger partial charge < -0.3 is 14.6 Å². The highest BCUT2D eigenvalue weighted by atomic mass is 16.5. The number of hydrogen-bond acceptors (Lipinski definition) is 4. The predicted octanol–water partition coefficient (Wildman–Crippen LogP) is 1.03. The van der Waals surface area contributed by atoms with Gasteiger partial charge in [0.25, 0.3) is 0 Å². The van der Waals surface area contributed by atoms with Crippen LogP contribution in [0.5, 0.6) is 0 Å². The summed E-state index contributed by atoms with van der Waals surface area (Å²) >= 11 is 0. The van der Waals surface area contributed by atoms with Gasteiger partial charge in [0.15, 0.2) is 0 Å². The van der Waals surface area contributed by atoms with Crippen molar-refractivity contribution in [2.24, 2.45) is 7.05 Å². The van der Waals surface area contributed by atoms with E-state index in [-0.39, 0.29) is 0 Å². The van der Waals surface area contributed by atoms with Crippen LogP contribution in [0.3, 0.4) is 0 Å². The first-order chi connectivity index (χ1) is 7.75. The first-order valence-corrected chi connectivity index (χ1v) is 5.89. The van der Waals surface area contributed by atoms with Crippen LogP contribution in [-0.4, -0.2) is 34.5 Å². The number of nitrogens with one attached hydrogen (secondary N) is 1. The Morgan fingerprint density at radius 2 is 2.12 bits per heavy atom. The molecule has 1 rings (SSSR count). The van der Waals surface area contributed by atoms with Crippen LogP contribution in [0.1, 0.15) is 31.4 Å². The van der Waals surface area contributed by atoms with Crippen LogP contribution >= 0.6 is 0 Å². The van der Waals surface area contributed by atoms with Crippen molar-refractivity contribution in [1.29, 1.82) is 0 Å². The number of ether oxygens (including phenoxy) is 1. The van der Waals surface area contributed by atoms with E-state index in [0.29, 0.717) is 0 Å². The Labute approximate surface area is 97.2 Å². The predicted molar refractivity (Wildman–Crippen MR) is 63.2 cm³/mol. The van der Waals surface area contributed by atoms with Crippen LogP contribution in [0.15, 0.2) is 0 Å². The molecule has 0 unspecified atom stereocenters. The lowest BCUT2D eigenvalue weighted by molar-refractivity contribution is 0.132. The normalized spacial score (nSPS) is 10.9. The summed E-state index contributed by atoms with van der Waals surface area (Å²) in [5.41, 5.74) is 0. The number of aryl methyl sites for hydroxylation is 1. The molecule has 0 atom stereocenters. The Bertz CT molecular complexity index is 298. The van der Waals surface area contributed by atoms with Crippen molar-refractivity contribution in [3.8, 4) is 0 Å². The lowest BCUT2D eigenvalue weighted by atomic mass is 10.4. The fourth-order valence-corrected chi connectivity index (χ4v) is 1.35. The third kappa shape index (κ3) is 4.28. The second kappa shape index (κ2) is 7.35. The maximum absolute atomic E-state index is 5.39. The average Bonchev–Trinajstić information content (AvgIpc) is 2.59. The van der Waals surface area contributed by atoms with Crippen LogP contribution in [0, 0.1) is 6.92 Å². The highest BCUT2D eigenvalue weighted by molar-refractivity contribution is 4.91. The van der Waals surface area contributed by atoms with Crippen molar-refractivity contribution < 1.29 is 4.74 Å².